The summed E-state index contributed by atoms with van der Waals surface area (Å²) in [7, 11) is 0. The van der Waals surface area contributed by atoms with Gasteiger partial charge in [0.2, 0.25) is 0 Å². The molecule has 4 heteroatoms. The number of hydrogen-bond acceptors (Lipinski definition) is 3. The second-order valence-electron chi connectivity index (χ2n) is 3.66. The Morgan fingerprint density at radius 3 is 2.56 bits per heavy atom. The molecular weight excluding hydrogens is 202 g/mol. The first kappa shape index (κ1) is 10.4. The van der Waals surface area contributed by atoms with Crippen molar-refractivity contribution in [3.8, 4) is 0 Å². The lowest BCUT2D eigenvalue weighted by Crippen LogP contribution is -2.18. The van der Waals surface area contributed by atoms with Crippen molar-refractivity contribution in [2.24, 2.45) is 0 Å². The van der Waals surface area contributed by atoms with E-state index in [0.29, 0.717) is 5.82 Å². The molecule has 1 unspecified atom stereocenters. The molecule has 0 spiro atoms. The zero-order valence-corrected chi connectivity index (χ0v) is 9.00. The molecule has 2 rings (SSSR count). The highest BCUT2D eigenvalue weighted by Gasteiger charge is 2.17. The van der Waals surface area contributed by atoms with Crippen LogP contribution in [0.4, 0.5) is 5.82 Å². The monoisotopic (exact) mass is 215 g/mol. The van der Waals surface area contributed by atoms with Crippen LogP contribution in [-0.2, 0) is 0 Å². The summed E-state index contributed by atoms with van der Waals surface area (Å²) in [4.78, 5) is 12.0. The number of nitrogens with zero attached hydrogens (tertiary/aromatic N) is 2. The van der Waals surface area contributed by atoms with E-state index in [0.717, 1.165) is 5.56 Å². The fourth-order valence-electron chi connectivity index (χ4n) is 1.54. The Labute approximate surface area is 93.7 Å². The van der Waals surface area contributed by atoms with Gasteiger partial charge in [0.25, 0.3) is 5.91 Å². The molecule has 2 aromatic rings. The van der Waals surface area contributed by atoms with Gasteiger partial charge in [0, 0.05) is 12.3 Å². The summed E-state index contributed by atoms with van der Waals surface area (Å²) in [5, 5.41) is 3.90. The van der Waals surface area contributed by atoms with E-state index in [1.165, 1.54) is 4.68 Å². The summed E-state index contributed by atoms with van der Waals surface area (Å²) in [5.74, 6) is 0.0528. The van der Waals surface area contributed by atoms with E-state index in [1.54, 1.807) is 12.3 Å². The molecule has 0 fully saturated rings. The van der Waals surface area contributed by atoms with Gasteiger partial charge in [0.15, 0.2) is 0 Å². The minimum Gasteiger partial charge on any atom is -0.382 e. The van der Waals surface area contributed by atoms with Crippen molar-refractivity contribution in [2.45, 2.75) is 12.8 Å². The molecule has 0 radical (unpaired) electrons. The third-order valence-electron chi connectivity index (χ3n) is 2.51. The number of nitrogens with two attached hydrogens (primary N) is 1. The van der Waals surface area contributed by atoms with Crippen LogP contribution in [0.5, 0.6) is 0 Å². The Morgan fingerprint density at radius 2 is 2.00 bits per heavy atom. The fraction of sp³-hybridized carbons (Fsp3) is 0.167. The number of hydrogen-bond donors (Lipinski definition) is 1. The molecule has 1 atom stereocenters. The number of benzene rings is 1. The van der Waals surface area contributed by atoms with Gasteiger partial charge in [0.1, 0.15) is 5.82 Å². The first-order valence-corrected chi connectivity index (χ1v) is 5.09. The van der Waals surface area contributed by atoms with Crippen LogP contribution in [-0.4, -0.2) is 15.7 Å². The number of aromatic nitrogens is 2. The standard InChI is InChI=1S/C12H13N3O/c1-9(10-5-3-2-4-6-10)12(16)15-8-7-11(13)14-15/h2-9H,1H3,(H2,13,14). The second-order valence-corrected chi connectivity index (χ2v) is 3.66. The van der Waals surface area contributed by atoms with Crippen LogP contribution >= 0.6 is 0 Å². The van der Waals surface area contributed by atoms with Gasteiger partial charge >= 0.3 is 0 Å². The van der Waals surface area contributed by atoms with E-state index in [-0.39, 0.29) is 11.8 Å². The van der Waals surface area contributed by atoms with Crippen LogP contribution in [0.2, 0.25) is 0 Å². The van der Waals surface area contributed by atoms with E-state index < -0.39 is 0 Å². The molecule has 0 aliphatic carbocycles. The zero-order valence-electron chi connectivity index (χ0n) is 9.00. The van der Waals surface area contributed by atoms with E-state index in [4.69, 9.17) is 5.73 Å². The molecular formula is C12H13N3O. The third-order valence-corrected chi connectivity index (χ3v) is 2.51. The van der Waals surface area contributed by atoms with Gasteiger partial charge in [-0.1, -0.05) is 30.3 Å². The van der Waals surface area contributed by atoms with Crippen molar-refractivity contribution < 1.29 is 4.79 Å². The molecule has 0 saturated carbocycles. The summed E-state index contributed by atoms with van der Waals surface area (Å²) in [6.45, 7) is 1.86. The molecule has 0 aliphatic rings. The van der Waals surface area contributed by atoms with Crippen molar-refractivity contribution in [1.82, 2.24) is 9.78 Å². The Kier molecular flexibility index (Phi) is 2.72. The average Bonchev–Trinajstić information content (AvgIpc) is 2.75. The van der Waals surface area contributed by atoms with Gasteiger partial charge in [0.05, 0.1) is 5.92 Å². The zero-order chi connectivity index (χ0) is 11.5. The lowest BCUT2D eigenvalue weighted by atomic mass is 10.0. The molecule has 0 aliphatic heterocycles. The van der Waals surface area contributed by atoms with Crippen LogP contribution in [0.25, 0.3) is 0 Å². The van der Waals surface area contributed by atoms with E-state index in [2.05, 4.69) is 5.10 Å². The Balaban J connectivity index is 2.23. The van der Waals surface area contributed by atoms with E-state index in [1.807, 2.05) is 37.3 Å². The third kappa shape index (κ3) is 1.95. The highest BCUT2D eigenvalue weighted by Crippen LogP contribution is 2.16. The van der Waals surface area contributed by atoms with Crippen LogP contribution < -0.4 is 5.73 Å². The topological polar surface area (TPSA) is 60.9 Å². The normalized spacial score (nSPS) is 12.3. The summed E-state index contributed by atoms with van der Waals surface area (Å²) in [6.07, 6.45) is 1.58. The Morgan fingerprint density at radius 1 is 1.31 bits per heavy atom. The van der Waals surface area contributed by atoms with Crippen LogP contribution in [0.1, 0.15) is 23.2 Å². The highest BCUT2D eigenvalue weighted by molar-refractivity contribution is 5.85. The van der Waals surface area contributed by atoms with E-state index >= 15 is 0 Å². The molecule has 0 saturated heterocycles. The maximum Gasteiger partial charge on any atom is 0.254 e. The highest BCUT2D eigenvalue weighted by atomic mass is 16.2. The summed E-state index contributed by atoms with van der Waals surface area (Å²) < 4.78 is 1.28. The van der Waals surface area contributed by atoms with Crippen molar-refractivity contribution in [3.05, 3.63) is 48.2 Å². The van der Waals surface area contributed by atoms with Gasteiger partial charge in [-0.05, 0) is 12.5 Å². The van der Waals surface area contributed by atoms with Crippen molar-refractivity contribution in [3.63, 3.8) is 0 Å². The molecule has 0 amide bonds. The lowest BCUT2D eigenvalue weighted by molar-refractivity contribution is 0.0868. The first-order valence-electron chi connectivity index (χ1n) is 5.09. The van der Waals surface area contributed by atoms with Crippen molar-refractivity contribution in [1.29, 1.82) is 0 Å². The Bertz CT molecular complexity index is 490. The molecule has 4 nitrogen and oxygen atoms in total. The predicted octanol–water partition coefficient (Wildman–Crippen LogP) is 1.91. The molecule has 0 bridgehead atoms. The molecule has 1 aromatic heterocycles. The van der Waals surface area contributed by atoms with Crippen LogP contribution in [0, 0.1) is 0 Å². The van der Waals surface area contributed by atoms with Gasteiger partial charge < -0.3 is 5.73 Å². The largest absolute Gasteiger partial charge is 0.382 e. The number of rotatable bonds is 2. The number of nitrogen functional groups attached to an aromatic ring is 1. The van der Waals surface area contributed by atoms with Crippen molar-refractivity contribution >= 4 is 11.7 Å². The van der Waals surface area contributed by atoms with Gasteiger partial charge in [-0.25, -0.2) is 4.68 Å². The lowest BCUT2D eigenvalue weighted by Gasteiger charge is -2.09. The minimum absolute atomic E-state index is 0.0806. The SMILES string of the molecule is CC(C(=O)n1ccc(N)n1)c1ccccc1. The number of carbonyl (C=O) groups is 1. The maximum absolute atomic E-state index is 12.0. The second kappa shape index (κ2) is 4.18. The average molecular weight is 215 g/mol. The van der Waals surface area contributed by atoms with Gasteiger partial charge in [-0.15, -0.1) is 5.10 Å². The fourth-order valence-corrected chi connectivity index (χ4v) is 1.54. The molecule has 2 N–H and O–H groups in total. The molecule has 16 heavy (non-hydrogen) atoms. The molecule has 1 aromatic carbocycles. The number of carbonyl (C=O) groups excluding carboxylic acids is 1. The summed E-state index contributed by atoms with van der Waals surface area (Å²) in [5.41, 5.74) is 6.44. The van der Waals surface area contributed by atoms with Crippen LogP contribution in [0.15, 0.2) is 42.6 Å². The smallest absolute Gasteiger partial charge is 0.254 e. The van der Waals surface area contributed by atoms with Gasteiger partial charge in [-0.2, -0.15) is 0 Å². The van der Waals surface area contributed by atoms with E-state index in [9.17, 15) is 4.79 Å². The summed E-state index contributed by atoms with van der Waals surface area (Å²) in [6, 6.07) is 11.2. The minimum atomic E-state index is -0.222. The van der Waals surface area contributed by atoms with Gasteiger partial charge in [-0.3, -0.25) is 4.79 Å². The number of anilines is 1. The molecule has 1 heterocycles. The molecule has 82 valence electrons. The van der Waals surface area contributed by atoms with Crippen molar-refractivity contribution in [2.75, 3.05) is 5.73 Å². The first-order chi connectivity index (χ1) is 7.68. The Hall–Kier alpha value is -2.10. The quantitative estimate of drug-likeness (QED) is 0.832. The maximum atomic E-state index is 12.0. The predicted molar refractivity (Wildman–Crippen MR) is 62.1 cm³/mol. The summed E-state index contributed by atoms with van der Waals surface area (Å²) >= 11 is 0. The van der Waals surface area contributed by atoms with Crippen LogP contribution in [0.3, 0.4) is 0 Å².